The van der Waals surface area contributed by atoms with E-state index in [1.54, 1.807) is 0 Å². The van der Waals surface area contributed by atoms with E-state index in [1.807, 2.05) is 50.2 Å². The van der Waals surface area contributed by atoms with Crippen LogP contribution in [-0.4, -0.2) is 32.6 Å². The number of hydrogen-bond donors (Lipinski definition) is 2. The van der Waals surface area contributed by atoms with Gasteiger partial charge in [-0.05, 0) is 25.5 Å². The molecule has 0 aliphatic heterocycles. The topological polar surface area (TPSA) is 44.4 Å². The molecule has 0 saturated carbocycles. The van der Waals surface area contributed by atoms with E-state index in [9.17, 15) is 4.79 Å². The Morgan fingerprint density at radius 2 is 2.00 bits per heavy atom. The van der Waals surface area contributed by atoms with Gasteiger partial charge < -0.3 is 15.5 Å². The number of rotatable bonds is 7. The van der Waals surface area contributed by atoms with Crippen LogP contribution in [0.15, 0.2) is 24.3 Å². The van der Waals surface area contributed by atoms with Crippen LogP contribution in [0.3, 0.4) is 0 Å². The Balaban J connectivity index is 2.50. The third-order valence-electron chi connectivity index (χ3n) is 2.95. The number of carbonyl (C=O) groups is 1. The van der Waals surface area contributed by atoms with E-state index in [4.69, 9.17) is 0 Å². The zero-order valence-corrected chi connectivity index (χ0v) is 12.4. The van der Waals surface area contributed by atoms with Crippen molar-refractivity contribution >= 4 is 17.3 Å². The second-order valence-electron chi connectivity index (χ2n) is 5.02. The minimum absolute atomic E-state index is 0.0366. The molecule has 0 saturated heterocycles. The van der Waals surface area contributed by atoms with Crippen LogP contribution in [0.2, 0.25) is 0 Å². The molecule has 1 unspecified atom stereocenters. The first-order valence-corrected chi connectivity index (χ1v) is 6.84. The van der Waals surface area contributed by atoms with Gasteiger partial charge in [0.25, 0.3) is 0 Å². The first kappa shape index (κ1) is 15.3. The van der Waals surface area contributed by atoms with Gasteiger partial charge in [0.15, 0.2) is 0 Å². The molecule has 19 heavy (non-hydrogen) atoms. The maximum absolute atomic E-state index is 11.8. The lowest BCUT2D eigenvalue weighted by Gasteiger charge is -2.19. The molecule has 4 nitrogen and oxygen atoms in total. The maximum Gasteiger partial charge on any atom is 0.239 e. The van der Waals surface area contributed by atoms with Crippen LogP contribution < -0.4 is 15.5 Å². The van der Waals surface area contributed by atoms with Crippen molar-refractivity contribution in [3.05, 3.63) is 24.3 Å². The van der Waals surface area contributed by atoms with Crippen molar-refractivity contribution in [3.63, 3.8) is 0 Å². The number of nitrogens with zero attached hydrogens (tertiary/aromatic N) is 1. The Labute approximate surface area is 116 Å². The lowest BCUT2D eigenvalue weighted by Crippen LogP contribution is -2.36. The minimum Gasteiger partial charge on any atom is -0.376 e. The zero-order valence-electron chi connectivity index (χ0n) is 12.4. The van der Waals surface area contributed by atoms with Gasteiger partial charge in [-0.25, -0.2) is 0 Å². The van der Waals surface area contributed by atoms with Crippen molar-refractivity contribution in [1.82, 2.24) is 5.32 Å². The Hall–Kier alpha value is -1.71. The Bertz CT molecular complexity index is 404. The summed E-state index contributed by atoms with van der Waals surface area (Å²) in [6, 6.07) is 8.21. The van der Waals surface area contributed by atoms with E-state index in [-0.39, 0.29) is 11.9 Å². The smallest absolute Gasteiger partial charge is 0.239 e. The van der Waals surface area contributed by atoms with Crippen molar-refractivity contribution in [2.24, 2.45) is 0 Å². The fraction of sp³-hybridized carbons (Fsp3) is 0.533. The largest absolute Gasteiger partial charge is 0.376 e. The molecule has 1 rings (SSSR count). The molecule has 0 aliphatic rings. The van der Waals surface area contributed by atoms with E-state index in [0.29, 0.717) is 6.54 Å². The molecule has 0 aromatic heterocycles. The number of anilines is 2. The van der Waals surface area contributed by atoms with E-state index in [1.165, 1.54) is 0 Å². The molecule has 0 fully saturated rings. The van der Waals surface area contributed by atoms with Crippen molar-refractivity contribution < 1.29 is 4.79 Å². The van der Waals surface area contributed by atoms with Crippen molar-refractivity contribution in [3.8, 4) is 0 Å². The van der Waals surface area contributed by atoms with Crippen LogP contribution in [0.25, 0.3) is 0 Å². The number of hydrogen-bond acceptors (Lipinski definition) is 3. The van der Waals surface area contributed by atoms with Crippen LogP contribution in [0, 0.1) is 0 Å². The highest BCUT2D eigenvalue weighted by Crippen LogP contribution is 2.22. The summed E-state index contributed by atoms with van der Waals surface area (Å²) in [4.78, 5) is 13.8. The summed E-state index contributed by atoms with van der Waals surface area (Å²) < 4.78 is 0. The molecule has 0 radical (unpaired) electrons. The summed E-state index contributed by atoms with van der Waals surface area (Å²) in [5.74, 6) is 0.0366. The molecule has 0 heterocycles. The molecule has 1 aromatic carbocycles. The van der Waals surface area contributed by atoms with Gasteiger partial charge >= 0.3 is 0 Å². The molecular formula is C15H25N3O. The number of amides is 1. The highest BCUT2D eigenvalue weighted by atomic mass is 16.1. The number of nitrogens with one attached hydrogen (secondary N) is 2. The molecule has 4 heteroatoms. The van der Waals surface area contributed by atoms with Gasteiger partial charge in [-0.1, -0.05) is 25.5 Å². The summed E-state index contributed by atoms with van der Waals surface area (Å²) in [5, 5.41) is 6.17. The van der Waals surface area contributed by atoms with E-state index in [0.717, 1.165) is 24.2 Å². The highest BCUT2D eigenvalue weighted by Gasteiger charge is 2.08. The second-order valence-corrected chi connectivity index (χ2v) is 5.02. The predicted molar refractivity (Wildman–Crippen MR) is 81.8 cm³/mol. The van der Waals surface area contributed by atoms with Gasteiger partial charge in [0.1, 0.15) is 0 Å². The van der Waals surface area contributed by atoms with Crippen molar-refractivity contribution in [1.29, 1.82) is 0 Å². The highest BCUT2D eigenvalue weighted by molar-refractivity contribution is 5.82. The van der Waals surface area contributed by atoms with Crippen molar-refractivity contribution in [2.45, 2.75) is 32.7 Å². The quantitative estimate of drug-likeness (QED) is 0.794. The van der Waals surface area contributed by atoms with Gasteiger partial charge in [-0.15, -0.1) is 0 Å². The molecule has 1 amide bonds. The molecule has 1 aromatic rings. The molecule has 0 spiro atoms. The zero-order chi connectivity index (χ0) is 14.3. The first-order valence-electron chi connectivity index (χ1n) is 6.84. The van der Waals surface area contributed by atoms with E-state index in [2.05, 4.69) is 17.6 Å². The lowest BCUT2D eigenvalue weighted by atomic mass is 10.2. The first-order chi connectivity index (χ1) is 9.04. The summed E-state index contributed by atoms with van der Waals surface area (Å²) >= 11 is 0. The summed E-state index contributed by atoms with van der Waals surface area (Å²) in [7, 11) is 3.98. The van der Waals surface area contributed by atoms with Crippen LogP contribution in [0.5, 0.6) is 0 Å². The number of carbonyl (C=O) groups excluding carboxylic acids is 1. The van der Waals surface area contributed by atoms with Crippen LogP contribution in [0.4, 0.5) is 11.4 Å². The Morgan fingerprint density at radius 3 is 2.63 bits per heavy atom. The van der Waals surface area contributed by atoms with Gasteiger partial charge in [-0.3, -0.25) is 4.79 Å². The molecule has 1 atom stereocenters. The van der Waals surface area contributed by atoms with E-state index < -0.39 is 0 Å². The second kappa shape index (κ2) is 7.67. The Kier molecular flexibility index (Phi) is 6.19. The number of para-hydroxylation sites is 2. The summed E-state index contributed by atoms with van der Waals surface area (Å²) in [6.45, 7) is 4.46. The van der Waals surface area contributed by atoms with Gasteiger partial charge in [0.05, 0.1) is 17.9 Å². The normalized spacial score (nSPS) is 11.8. The van der Waals surface area contributed by atoms with Crippen LogP contribution in [-0.2, 0) is 4.79 Å². The van der Waals surface area contributed by atoms with Crippen molar-refractivity contribution in [2.75, 3.05) is 30.9 Å². The van der Waals surface area contributed by atoms with E-state index >= 15 is 0 Å². The summed E-state index contributed by atoms with van der Waals surface area (Å²) in [6.07, 6.45) is 2.10. The van der Waals surface area contributed by atoms with Gasteiger partial charge in [-0.2, -0.15) is 0 Å². The van der Waals surface area contributed by atoms with Gasteiger partial charge in [0, 0.05) is 20.1 Å². The Morgan fingerprint density at radius 1 is 1.32 bits per heavy atom. The van der Waals surface area contributed by atoms with Crippen LogP contribution >= 0.6 is 0 Å². The average Bonchev–Trinajstić information content (AvgIpc) is 2.36. The maximum atomic E-state index is 11.8. The molecular weight excluding hydrogens is 238 g/mol. The minimum atomic E-state index is 0.0366. The molecule has 2 N–H and O–H groups in total. The molecule has 106 valence electrons. The molecule has 0 aliphatic carbocycles. The summed E-state index contributed by atoms with van der Waals surface area (Å²) in [5.41, 5.74) is 2.06. The third-order valence-corrected chi connectivity index (χ3v) is 2.95. The monoisotopic (exact) mass is 263 g/mol. The SMILES string of the molecule is CCCC(C)NC(=O)CNc1ccccc1N(C)C. The third kappa shape index (κ3) is 5.20. The predicted octanol–water partition coefficient (Wildman–Crippen LogP) is 2.47. The number of benzene rings is 1. The van der Waals surface area contributed by atoms with Crippen LogP contribution in [0.1, 0.15) is 26.7 Å². The fourth-order valence-corrected chi connectivity index (χ4v) is 2.02. The van der Waals surface area contributed by atoms with Gasteiger partial charge in [0.2, 0.25) is 5.91 Å². The molecule has 0 bridgehead atoms. The standard InChI is InChI=1S/C15H25N3O/c1-5-8-12(2)17-15(19)11-16-13-9-6-7-10-14(13)18(3)4/h6-7,9-10,12,16H,5,8,11H2,1-4H3,(H,17,19). The fourth-order valence-electron chi connectivity index (χ4n) is 2.02. The lowest BCUT2D eigenvalue weighted by molar-refractivity contribution is -0.120. The average molecular weight is 263 g/mol.